The monoisotopic (exact) mass is 518 g/mol. The highest BCUT2D eigenvalue weighted by molar-refractivity contribution is 7.07. The highest BCUT2D eigenvalue weighted by Crippen LogP contribution is 2.36. The highest BCUT2D eigenvalue weighted by Gasteiger charge is 2.33. The van der Waals surface area contributed by atoms with E-state index in [-0.39, 0.29) is 11.1 Å². The molecule has 0 fully saturated rings. The SMILES string of the molecule is COC(=O)C1=C(C)N=c2s/c(=C\c3ccc(Cl)cc3Cl)c(=O)n2[C@@H]1c1ccc(OC)c(OC)c1. The first-order valence-electron chi connectivity index (χ1n) is 10.1. The molecule has 3 aromatic rings. The fourth-order valence-electron chi connectivity index (χ4n) is 3.79. The molecule has 0 spiro atoms. The molecule has 34 heavy (non-hydrogen) atoms. The second-order valence-corrected chi connectivity index (χ2v) is 9.21. The smallest absolute Gasteiger partial charge is 0.338 e. The molecule has 2 heterocycles. The van der Waals surface area contributed by atoms with Crippen molar-refractivity contribution in [2.45, 2.75) is 13.0 Å². The molecule has 1 aliphatic rings. The predicted molar refractivity (Wildman–Crippen MR) is 132 cm³/mol. The molecule has 0 amide bonds. The van der Waals surface area contributed by atoms with Gasteiger partial charge in [0.25, 0.3) is 5.56 Å². The van der Waals surface area contributed by atoms with E-state index >= 15 is 0 Å². The number of aromatic nitrogens is 1. The number of allylic oxidation sites excluding steroid dienone is 1. The van der Waals surface area contributed by atoms with Crippen LogP contribution in [0, 0.1) is 0 Å². The lowest BCUT2D eigenvalue weighted by Crippen LogP contribution is -2.39. The van der Waals surface area contributed by atoms with Crippen molar-refractivity contribution in [1.29, 1.82) is 0 Å². The summed E-state index contributed by atoms with van der Waals surface area (Å²) >= 11 is 13.5. The van der Waals surface area contributed by atoms with E-state index in [9.17, 15) is 9.59 Å². The molecule has 7 nitrogen and oxygen atoms in total. The van der Waals surface area contributed by atoms with Crippen LogP contribution in [0.15, 0.2) is 57.5 Å². The van der Waals surface area contributed by atoms with Crippen molar-refractivity contribution in [3.8, 4) is 11.5 Å². The molecule has 2 aromatic carbocycles. The minimum atomic E-state index is -0.772. The van der Waals surface area contributed by atoms with Crippen LogP contribution in [0.3, 0.4) is 0 Å². The number of rotatable bonds is 5. The number of thiazole rings is 1. The first-order chi connectivity index (χ1) is 16.3. The van der Waals surface area contributed by atoms with Crippen LogP contribution in [-0.2, 0) is 9.53 Å². The van der Waals surface area contributed by atoms with Gasteiger partial charge in [0.05, 0.1) is 43.2 Å². The zero-order valence-corrected chi connectivity index (χ0v) is 21.0. The zero-order chi connectivity index (χ0) is 24.6. The molecule has 0 bridgehead atoms. The first-order valence-corrected chi connectivity index (χ1v) is 11.6. The van der Waals surface area contributed by atoms with Gasteiger partial charge in [-0.3, -0.25) is 9.36 Å². The molecule has 0 radical (unpaired) electrons. The number of carbonyl (C=O) groups is 1. The van der Waals surface area contributed by atoms with Gasteiger partial charge in [-0.15, -0.1) is 0 Å². The lowest BCUT2D eigenvalue weighted by molar-refractivity contribution is -0.136. The Labute approximate surface area is 209 Å². The molecule has 0 aliphatic carbocycles. The number of fused-ring (bicyclic) bond motifs is 1. The van der Waals surface area contributed by atoms with Gasteiger partial charge in [0, 0.05) is 10.0 Å². The van der Waals surface area contributed by atoms with Crippen LogP contribution in [0.2, 0.25) is 10.0 Å². The maximum Gasteiger partial charge on any atom is 0.338 e. The number of hydrogen-bond donors (Lipinski definition) is 0. The van der Waals surface area contributed by atoms with E-state index in [4.69, 9.17) is 37.4 Å². The second-order valence-electron chi connectivity index (χ2n) is 7.35. The Morgan fingerprint density at radius 1 is 1.09 bits per heavy atom. The first kappa shape index (κ1) is 24.1. The highest BCUT2D eigenvalue weighted by atomic mass is 35.5. The summed E-state index contributed by atoms with van der Waals surface area (Å²) < 4.78 is 17.7. The number of methoxy groups -OCH3 is 3. The molecule has 1 aromatic heterocycles. The average Bonchev–Trinajstić information content (AvgIpc) is 3.13. The summed E-state index contributed by atoms with van der Waals surface area (Å²) in [5.41, 5.74) is 1.69. The third-order valence-electron chi connectivity index (χ3n) is 5.40. The number of carbonyl (C=O) groups excluding carboxylic acids is 1. The predicted octanol–water partition coefficient (Wildman–Crippen LogP) is 3.73. The maximum absolute atomic E-state index is 13.6. The standard InChI is InChI=1S/C24H20Cl2N2O5S/c1-12-20(23(30)33-4)21(14-6-8-17(31-2)18(9-14)32-3)28-22(29)19(34-24(28)27-12)10-13-5-7-15(25)11-16(13)26/h5-11,21H,1-4H3/b19-10-/t21-/m1/s1. The summed E-state index contributed by atoms with van der Waals surface area (Å²) in [5, 5.41) is 0.914. The van der Waals surface area contributed by atoms with Gasteiger partial charge in [-0.05, 0) is 48.4 Å². The number of esters is 1. The van der Waals surface area contributed by atoms with E-state index in [0.717, 1.165) is 0 Å². The number of nitrogens with zero attached hydrogens (tertiary/aromatic N) is 2. The van der Waals surface area contributed by atoms with E-state index in [2.05, 4.69) is 4.99 Å². The molecule has 0 unspecified atom stereocenters. The maximum atomic E-state index is 13.6. The lowest BCUT2D eigenvalue weighted by atomic mass is 9.95. The van der Waals surface area contributed by atoms with Crippen molar-refractivity contribution >= 4 is 46.6 Å². The van der Waals surface area contributed by atoms with Crippen molar-refractivity contribution in [2.24, 2.45) is 4.99 Å². The molecule has 176 valence electrons. The topological polar surface area (TPSA) is 79.1 Å². The van der Waals surface area contributed by atoms with E-state index in [1.54, 1.807) is 49.4 Å². The average molecular weight is 519 g/mol. The van der Waals surface area contributed by atoms with Gasteiger partial charge in [0.1, 0.15) is 0 Å². The number of ether oxygens (including phenoxy) is 3. The van der Waals surface area contributed by atoms with Crippen LogP contribution >= 0.6 is 34.5 Å². The van der Waals surface area contributed by atoms with E-state index < -0.39 is 12.0 Å². The second kappa shape index (κ2) is 9.66. The molecule has 0 saturated heterocycles. The minimum Gasteiger partial charge on any atom is -0.493 e. The van der Waals surface area contributed by atoms with E-state index in [0.29, 0.717) is 47.7 Å². The molecule has 4 rings (SSSR count). The Kier molecular flexibility index (Phi) is 6.84. The molecular formula is C24H20Cl2N2O5S. The fourth-order valence-corrected chi connectivity index (χ4v) is 5.29. The van der Waals surface area contributed by atoms with Crippen molar-refractivity contribution in [1.82, 2.24) is 4.57 Å². The van der Waals surface area contributed by atoms with Gasteiger partial charge in [0.2, 0.25) is 0 Å². The molecule has 1 aliphatic heterocycles. The minimum absolute atomic E-state index is 0.262. The van der Waals surface area contributed by atoms with Gasteiger partial charge in [-0.25, -0.2) is 9.79 Å². The van der Waals surface area contributed by atoms with Gasteiger partial charge >= 0.3 is 5.97 Å². The Hall–Kier alpha value is -3.07. The summed E-state index contributed by atoms with van der Waals surface area (Å²) in [6.45, 7) is 1.72. The van der Waals surface area contributed by atoms with Crippen LogP contribution in [0.1, 0.15) is 24.1 Å². The van der Waals surface area contributed by atoms with Crippen molar-refractivity contribution in [3.63, 3.8) is 0 Å². The van der Waals surface area contributed by atoms with Crippen LogP contribution in [0.5, 0.6) is 11.5 Å². The van der Waals surface area contributed by atoms with E-state index in [1.807, 2.05) is 0 Å². The summed E-state index contributed by atoms with van der Waals surface area (Å²) in [4.78, 5) is 31.4. The molecular weight excluding hydrogens is 499 g/mol. The normalized spacial score (nSPS) is 15.6. The van der Waals surface area contributed by atoms with Crippen LogP contribution < -0.4 is 24.4 Å². The van der Waals surface area contributed by atoms with Crippen LogP contribution in [0.25, 0.3) is 6.08 Å². The van der Waals surface area contributed by atoms with Crippen molar-refractivity contribution in [3.05, 3.63) is 88.5 Å². The number of halogens is 2. The number of benzene rings is 2. The largest absolute Gasteiger partial charge is 0.493 e. The number of hydrogen-bond acceptors (Lipinski definition) is 7. The third-order valence-corrected chi connectivity index (χ3v) is 6.94. The molecule has 0 saturated carbocycles. The van der Waals surface area contributed by atoms with Crippen LogP contribution in [-0.4, -0.2) is 31.9 Å². The zero-order valence-electron chi connectivity index (χ0n) is 18.7. The van der Waals surface area contributed by atoms with E-state index in [1.165, 1.54) is 37.2 Å². The summed E-state index contributed by atoms with van der Waals surface area (Å²) in [5.74, 6) is 0.418. The Morgan fingerprint density at radius 2 is 1.82 bits per heavy atom. The van der Waals surface area contributed by atoms with Crippen molar-refractivity contribution in [2.75, 3.05) is 21.3 Å². The Balaban J connectivity index is 1.99. The molecule has 0 N–H and O–H groups in total. The molecule has 1 atom stereocenters. The molecule has 10 heteroatoms. The van der Waals surface area contributed by atoms with Gasteiger partial charge in [-0.1, -0.05) is 46.7 Å². The van der Waals surface area contributed by atoms with Gasteiger partial charge in [-0.2, -0.15) is 0 Å². The van der Waals surface area contributed by atoms with Crippen LogP contribution in [0.4, 0.5) is 0 Å². The quantitative estimate of drug-likeness (QED) is 0.480. The summed E-state index contributed by atoms with van der Waals surface area (Å²) in [6.07, 6.45) is 1.69. The lowest BCUT2D eigenvalue weighted by Gasteiger charge is -2.25. The van der Waals surface area contributed by atoms with Crippen molar-refractivity contribution < 1.29 is 19.0 Å². The van der Waals surface area contributed by atoms with Gasteiger partial charge < -0.3 is 14.2 Å². The summed E-state index contributed by atoms with van der Waals surface area (Å²) in [7, 11) is 4.35. The third kappa shape index (κ3) is 4.24. The van der Waals surface area contributed by atoms with Gasteiger partial charge in [0.15, 0.2) is 16.3 Å². The Bertz CT molecular complexity index is 1510. The summed E-state index contributed by atoms with van der Waals surface area (Å²) in [6, 6.07) is 9.51. The fraction of sp³-hybridized carbons (Fsp3) is 0.208. The Morgan fingerprint density at radius 3 is 2.47 bits per heavy atom.